The van der Waals surface area contributed by atoms with E-state index in [-0.39, 0.29) is 5.78 Å². The molecule has 0 saturated heterocycles. The van der Waals surface area contributed by atoms with E-state index in [2.05, 4.69) is 0 Å². The number of hydrogen-bond acceptors (Lipinski definition) is 3. The van der Waals surface area contributed by atoms with Crippen LogP contribution in [-0.4, -0.2) is 16.5 Å². The summed E-state index contributed by atoms with van der Waals surface area (Å²) in [6.45, 7) is 2.99. The molecule has 11 heavy (non-hydrogen) atoms. The summed E-state index contributed by atoms with van der Waals surface area (Å²) < 4.78 is 0. The summed E-state index contributed by atoms with van der Waals surface area (Å²) in [5.41, 5.74) is -1.25. The molecule has 0 bridgehead atoms. The van der Waals surface area contributed by atoms with Gasteiger partial charge in [-0.25, -0.2) is 0 Å². The molecule has 60 valence electrons. The van der Waals surface area contributed by atoms with Gasteiger partial charge in [0.05, 0.1) is 4.88 Å². The van der Waals surface area contributed by atoms with Crippen LogP contribution >= 0.6 is 11.3 Å². The fourth-order valence-electron chi connectivity index (χ4n) is 0.709. The molecular formula is C8H10O2S. The van der Waals surface area contributed by atoms with Crippen molar-refractivity contribution in [2.75, 3.05) is 0 Å². The molecule has 1 N–H and O–H groups in total. The topological polar surface area (TPSA) is 37.3 Å². The summed E-state index contributed by atoms with van der Waals surface area (Å²) in [6.07, 6.45) is 0. The summed E-state index contributed by atoms with van der Waals surface area (Å²) in [4.78, 5) is 11.9. The molecule has 0 radical (unpaired) electrons. The standard InChI is InChI=1S/C8H10O2S/c1-8(2,10)7(9)6-4-3-5-11-6/h3-5,10H,1-2H3. The number of carbonyl (C=O) groups is 1. The summed E-state index contributed by atoms with van der Waals surface area (Å²) in [6, 6.07) is 3.51. The highest BCUT2D eigenvalue weighted by Crippen LogP contribution is 2.16. The van der Waals surface area contributed by atoms with E-state index in [1.54, 1.807) is 12.1 Å². The van der Waals surface area contributed by atoms with Crippen LogP contribution in [0.1, 0.15) is 23.5 Å². The molecule has 0 aromatic carbocycles. The number of ketones is 1. The Balaban J connectivity index is 2.88. The fourth-order valence-corrected chi connectivity index (χ4v) is 1.53. The zero-order valence-electron chi connectivity index (χ0n) is 6.50. The highest BCUT2D eigenvalue weighted by atomic mass is 32.1. The van der Waals surface area contributed by atoms with Crippen molar-refractivity contribution in [2.45, 2.75) is 19.4 Å². The maximum atomic E-state index is 11.3. The van der Waals surface area contributed by atoms with Gasteiger partial charge in [-0.1, -0.05) is 6.07 Å². The van der Waals surface area contributed by atoms with Crippen LogP contribution < -0.4 is 0 Å². The fraction of sp³-hybridized carbons (Fsp3) is 0.375. The van der Waals surface area contributed by atoms with E-state index in [4.69, 9.17) is 0 Å². The van der Waals surface area contributed by atoms with Crippen LogP contribution in [0.3, 0.4) is 0 Å². The molecule has 0 spiro atoms. The first-order chi connectivity index (χ1) is 5.02. The number of rotatable bonds is 2. The second-order valence-corrected chi connectivity index (χ2v) is 3.81. The molecule has 0 fully saturated rings. The van der Waals surface area contributed by atoms with Crippen molar-refractivity contribution in [1.82, 2.24) is 0 Å². The van der Waals surface area contributed by atoms with Gasteiger partial charge in [-0.3, -0.25) is 4.79 Å². The molecule has 1 heterocycles. The van der Waals surface area contributed by atoms with Crippen LogP contribution in [0, 0.1) is 0 Å². The lowest BCUT2D eigenvalue weighted by Crippen LogP contribution is -2.30. The average molecular weight is 170 g/mol. The Hall–Kier alpha value is -0.670. The van der Waals surface area contributed by atoms with Gasteiger partial charge in [-0.05, 0) is 25.3 Å². The van der Waals surface area contributed by atoms with Gasteiger partial charge < -0.3 is 5.11 Å². The minimum Gasteiger partial charge on any atom is -0.382 e. The molecule has 0 amide bonds. The third-order valence-electron chi connectivity index (χ3n) is 1.30. The molecule has 0 unspecified atom stereocenters. The minimum absolute atomic E-state index is 0.215. The van der Waals surface area contributed by atoms with Crippen molar-refractivity contribution >= 4 is 17.1 Å². The highest BCUT2D eigenvalue weighted by molar-refractivity contribution is 7.12. The van der Waals surface area contributed by atoms with Crippen LogP contribution in [0.15, 0.2) is 17.5 Å². The first kappa shape index (κ1) is 8.43. The third kappa shape index (κ3) is 1.88. The molecule has 0 atom stereocenters. The summed E-state index contributed by atoms with van der Waals surface area (Å²) in [5.74, 6) is -0.215. The number of Topliss-reactive ketones (excluding diaryl/α,β-unsaturated/α-hetero) is 1. The molecule has 2 nitrogen and oxygen atoms in total. The Morgan fingerprint density at radius 2 is 2.27 bits per heavy atom. The Morgan fingerprint density at radius 1 is 1.64 bits per heavy atom. The highest BCUT2D eigenvalue weighted by Gasteiger charge is 2.25. The maximum absolute atomic E-state index is 11.3. The van der Waals surface area contributed by atoms with E-state index in [1.807, 2.05) is 5.38 Å². The van der Waals surface area contributed by atoms with Crippen molar-refractivity contribution in [3.63, 3.8) is 0 Å². The van der Waals surface area contributed by atoms with Gasteiger partial charge in [-0.2, -0.15) is 0 Å². The maximum Gasteiger partial charge on any atom is 0.203 e. The molecule has 0 saturated carbocycles. The average Bonchev–Trinajstić information content (AvgIpc) is 2.34. The normalized spacial score (nSPS) is 11.5. The van der Waals surface area contributed by atoms with E-state index in [1.165, 1.54) is 25.2 Å². The minimum atomic E-state index is -1.25. The first-order valence-corrected chi connectivity index (χ1v) is 4.20. The van der Waals surface area contributed by atoms with Gasteiger partial charge in [0.15, 0.2) is 0 Å². The van der Waals surface area contributed by atoms with Gasteiger partial charge >= 0.3 is 0 Å². The predicted octanol–water partition coefficient (Wildman–Crippen LogP) is 1.70. The quantitative estimate of drug-likeness (QED) is 0.686. The van der Waals surface area contributed by atoms with Gasteiger partial charge in [0.1, 0.15) is 5.60 Å². The Labute approximate surface area is 69.5 Å². The second kappa shape index (κ2) is 2.75. The third-order valence-corrected chi connectivity index (χ3v) is 2.17. The number of carbonyl (C=O) groups excluding carboxylic acids is 1. The van der Waals surface area contributed by atoms with Crippen LogP contribution in [0.4, 0.5) is 0 Å². The predicted molar refractivity (Wildman–Crippen MR) is 44.9 cm³/mol. The summed E-state index contributed by atoms with van der Waals surface area (Å²) in [5, 5.41) is 11.1. The smallest absolute Gasteiger partial charge is 0.203 e. The monoisotopic (exact) mass is 170 g/mol. The largest absolute Gasteiger partial charge is 0.382 e. The molecule has 0 aliphatic rings. The lowest BCUT2D eigenvalue weighted by molar-refractivity contribution is 0.0492. The van der Waals surface area contributed by atoms with Crippen LogP contribution in [0.2, 0.25) is 0 Å². The Bertz CT molecular complexity index is 244. The van der Waals surface area contributed by atoms with E-state index in [0.29, 0.717) is 4.88 Å². The van der Waals surface area contributed by atoms with Crippen LogP contribution in [0.25, 0.3) is 0 Å². The molecular weight excluding hydrogens is 160 g/mol. The molecule has 1 aromatic rings. The van der Waals surface area contributed by atoms with Crippen LogP contribution in [0.5, 0.6) is 0 Å². The van der Waals surface area contributed by atoms with Crippen molar-refractivity contribution < 1.29 is 9.90 Å². The van der Waals surface area contributed by atoms with Crippen molar-refractivity contribution in [2.24, 2.45) is 0 Å². The molecule has 0 aliphatic heterocycles. The Morgan fingerprint density at radius 3 is 2.64 bits per heavy atom. The number of hydrogen-bond donors (Lipinski definition) is 1. The SMILES string of the molecule is CC(C)(O)C(=O)c1cccs1. The molecule has 1 rings (SSSR count). The zero-order valence-corrected chi connectivity index (χ0v) is 7.31. The first-order valence-electron chi connectivity index (χ1n) is 3.32. The lowest BCUT2D eigenvalue weighted by atomic mass is 10.0. The summed E-state index contributed by atoms with van der Waals surface area (Å²) in [7, 11) is 0. The number of aliphatic hydroxyl groups is 1. The lowest BCUT2D eigenvalue weighted by Gasteiger charge is -2.13. The van der Waals surface area contributed by atoms with Gasteiger partial charge in [0.2, 0.25) is 5.78 Å². The van der Waals surface area contributed by atoms with E-state index in [0.717, 1.165) is 0 Å². The molecule has 1 aromatic heterocycles. The van der Waals surface area contributed by atoms with Crippen LogP contribution in [-0.2, 0) is 0 Å². The van der Waals surface area contributed by atoms with Crippen molar-refractivity contribution in [3.05, 3.63) is 22.4 Å². The van der Waals surface area contributed by atoms with Crippen molar-refractivity contribution in [1.29, 1.82) is 0 Å². The zero-order chi connectivity index (χ0) is 8.48. The van der Waals surface area contributed by atoms with E-state index >= 15 is 0 Å². The Kier molecular flexibility index (Phi) is 2.11. The molecule has 3 heteroatoms. The van der Waals surface area contributed by atoms with Gasteiger partial charge in [0.25, 0.3) is 0 Å². The number of thiophene rings is 1. The molecule has 0 aliphatic carbocycles. The van der Waals surface area contributed by atoms with E-state index in [9.17, 15) is 9.90 Å². The summed E-state index contributed by atoms with van der Waals surface area (Å²) >= 11 is 1.35. The second-order valence-electron chi connectivity index (χ2n) is 2.87. The van der Waals surface area contributed by atoms with E-state index < -0.39 is 5.60 Å². The van der Waals surface area contributed by atoms with Gasteiger partial charge in [0, 0.05) is 0 Å². The van der Waals surface area contributed by atoms with Gasteiger partial charge in [-0.15, -0.1) is 11.3 Å². The van der Waals surface area contributed by atoms with Crippen molar-refractivity contribution in [3.8, 4) is 0 Å².